The number of rotatable bonds is 5. The largest absolute Gasteiger partial charge is 0.481 e. The van der Waals surface area contributed by atoms with E-state index >= 15 is 0 Å². The quantitative estimate of drug-likeness (QED) is 0.905. The van der Waals surface area contributed by atoms with Gasteiger partial charge in [0.2, 0.25) is 11.7 Å². The Balaban J connectivity index is 1.98. The summed E-state index contributed by atoms with van der Waals surface area (Å²) in [5, 5.41) is 14.3. The first-order valence-electron chi connectivity index (χ1n) is 4.51. The molecule has 0 radical (unpaired) electrons. The van der Waals surface area contributed by atoms with Crippen molar-refractivity contribution in [3.05, 3.63) is 21.8 Å². The Labute approximate surface area is 113 Å². The predicted octanol–water partition coefficient (Wildman–Crippen LogP) is 2.88. The van der Waals surface area contributed by atoms with Crippen molar-refractivity contribution in [2.45, 2.75) is 5.75 Å². The lowest BCUT2D eigenvalue weighted by Crippen LogP contribution is -1.98. The highest BCUT2D eigenvalue weighted by Crippen LogP contribution is 2.28. The molecule has 2 aromatic heterocycles. The van der Waals surface area contributed by atoms with Crippen molar-refractivity contribution >= 4 is 45.0 Å². The SMILES string of the molecule is O=C(O)CSCc1nc(-c2cc(Br)cs2)no1. The van der Waals surface area contributed by atoms with Gasteiger partial charge in [-0.15, -0.1) is 23.1 Å². The van der Waals surface area contributed by atoms with E-state index in [4.69, 9.17) is 9.63 Å². The van der Waals surface area contributed by atoms with Crippen molar-refractivity contribution in [2.24, 2.45) is 0 Å². The highest BCUT2D eigenvalue weighted by atomic mass is 79.9. The fourth-order valence-corrected chi connectivity index (χ4v) is 2.99. The number of thiophene rings is 1. The minimum atomic E-state index is -0.850. The maximum absolute atomic E-state index is 10.3. The van der Waals surface area contributed by atoms with E-state index in [1.165, 1.54) is 23.1 Å². The van der Waals surface area contributed by atoms with Crippen LogP contribution in [0.4, 0.5) is 0 Å². The van der Waals surface area contributed by atoms with Crippen molar-refractivity contribution in [3.8, 4) is 10.7 Å². The number of hydrogen-bond donors (Lipinski definition) is 1. The Morgan fingerprint density at radius 2 is 2.47 bits per heavy atom. The summed E-state index contributed by atoms with van der Waals surface area (Å²) in [6, 6.07) is 1.91. The smallest absolute Gasteiger partial charge is 0.313 e. The van der Waals surface area contributed by atoms with Gasteiger partial charge in [0, 0.05) is 9.85 Å². The molecule has 90 valence electrons. The number of nitrogens with zero attached hydrogens (tertiary/aromatic N) is 2. The van der Waals surface area contributed by atoms with Gasteiger partial charge in [-0.1, -0.05) is 5.16 Å². The highest BCUT2D eigenvalue weighted by Gasteiger charge is 2.11. The van der Waals surface area contributed by atoms with Gasteiger partial charge in [0.15, 0.2) is 0 Å². The van der Waals surface area contributed by atoms with Crippen LogP contribution in [0.3, 0.4) is 0 Å². The summed E-state index contributed by atoms with van der Waals surface area (Å²) in [7, 11) is 0. The number of thioether (sulfide) groups is 1. The number of aliphatic carboxylic acids is 1. The third-order valence-corrected chi connectivity index (χ3v) is 4.30. The first-order chi connectivity index (χ1) is 8.15. The van der Waals surface area contributed by atoms with Crippen molar-refractivity contribution in [2.75, 3.05) is 5.75 Å². The van der Waals surface area contributed by atoms with Gasteiger partial charge in [0.25, 0.3) is 0 Å². The number of aromatic nitrogens is 2. The number of hydrogen-bond acceptors (Lipinski definition) is 6. The molecule has 0 amide bonds. The van der Waals surface area contributed by atoms with Gasteiger partial charge in [-0.25, -0.2) is 0 Å². The van der Waals surface area contributed by atoms with E-state index < -0.39 is 5.97 Å². The average Bonchev–Trinajstić information content (AvgIpc) is 2.86. The molecule has 0 aliphatic carbocycles. The van der Waals surface area contributed by atoms with E-state index in [0.717, 1.165) is 9.35 Å². The normalized spacial score (nSPS) is 10.6. The van der Waals surface area contributed by atoms with Gasteiger partial charge in [0.1, 0.15) is 0 Å². The maximum Gasteiger partial charge on any atom is 0.313 e. The summed E-state index contributed by atoms with van der Waals surface area (Å²) in [6.07, 6.45) is 0. The van der Waals surface area contributed by atoms with Crippen LogP contribution in [0.1, 0.15) is 5.89 Å². The topological polar surface area (TPSA) is 76.2 Å². The summed E-state index contributed by atoms with van der Waals surface area (Å²) in [5.74, 6) is 0.563. The lowest BCUT2D eigenvalue weighted by atomic mass is 10.4. The molecule has 0 aromatic carbocycles. The second kappa shape index (κ2) is 5.65. The summed E-state index contributed by atoms with van der Waals surface area (Å²) in [6.45, 7) is 0. The molecule has 0 unspecified atom stereocenters. The number of carbonyl (C=O) groups is 1. The summed E-state index contributed by atoms with van der Waals surface area (Å²) in [5.41, 5.74) is 0. The van der Waals surface area contributed by atoms with E-state index in [-0.39, 0.29) is 5.75 Å². The van der Waals surface area contributed by atoms with Crippen molar-refractivity contribution in [1.29, 1.82) is 0 Å². The summed E-state index contributed by atoms with van der Waals surface area (Å²) >= 11 is 6.09. The van der Waals surface area contributed by atoms with E-state index in [9.17, 15) is 4.79 Å². The van der Waals surface area contributed by atoms with E-state index in [1.807, 2.05) is 11.4 Å². The molecule has 0 aliphatic heterocycles. The molecule has 0 fully saturated rings. The Morgan fingerprint density at radius 1 is 1.65 bits per heavy atom. The molecule has 2 rings (SSSR count). The van der Waals surface area contributed by atoms with Crippen LogP contribution in [0.5, 0.6) is 0 Å². The number of halogens is 1. The minimum absolute atomic E-state index is 0.0300. The lowest BCUT2D eigenvalue weighted by molar-refractivity contribution is -0.133. The van der Waals surface area contributed by atoms with Crippen LogP contribution >= 0.6 is 39.0 Å². The van der Waals surface area contributed by atoms with E-state index in [1.54, 1.807) is 0 Å². The van der Waals surface area contributed by atoms with Crippen LogP contribution in [0.15, 0.2) is 20.4 Å². The third-order valence-electron chi connectivity index (χ3n) is 1.71. The molecule has 2 heterocycles. The molecule has 2 aromatic rings. The Morgan fingerprint density at radius 3 is 3.12 bits per heavy atom. The van der Waals surface area contributed by atoms with Gasteiger partial charge >= 0.3 is 5.97 Å². The fourth-order valence-electron chi connectivity index (χ4n) is 1.07. The van der Waals surface area contributed by atoms with E-state index in [2.05, 4.69) is 26.1 Å². The van der Waals surface area contributed by atoms with Crippen LogP contribution in [0, 0.1) is 0 Å². The Hall–Kier alpha value is -0.860. The number of carboxylic acids is 1. The molecule has 5 nitrogen and oxygen atoms in total. The van der Waals surface area contributed by atoms with Crippen LogP contribution in [-0.4, -0.2) is 27.0 Å². The summed E-state index contributed by atoms with van der Waals surface area (Å²) in [4.78, 5) is 15.4. The molecule has 0 atom stereocenters. The fraction of sp³-hybridized carbons (Fsp3) is 0.222. The standard InChI is InChI=1S/C9H7BrN2O3S2/c10-5-1-6(17-2-5)9-11-7(15-12-9)3-16-4-8(13)14/h1-2H,3-4H2,(H,13,14). The molecule has 0 saturated heterocycles. The first-order valence-corrected chi connectivity index (χ1v) is 7.34. The van der Waals surface area contributed by atoms with E-state index in [0.29, 0.717) is 17.5 Å². The zero-order valence-electron chi connectivity index (χ0n) is 8.42. The molecule has 1 N–H and O–H groups in total. The van der Waals surface area contributed by atoms with Crippen molar-refractivity contribution < 1.29 is 14.4 Å². The van der Waals surface area contributed by atoms with Crippen LogP contribution in [0.2, 0.25) is 0 Å². The molecule has 8 heteroatoms. The van der Waals surface area contributed by atoms with Crippen molar-refractivity contribution in [3.63, 3.8) is 0 Å². The predicted molar refractivity (Wildman–Crippen MR) is 69.1 cm³/mol. The second-order valence-electron chi connectivity index (χ2n) is 3.03. The zero-order valence-corrected chi connectivity index (χ0v) is 11.6. The van der Waals surface area contributed by atoms with Crippen molar-refractivity contribution in [1.82, 2.24) is 10.1 Å². The molecule has 0 bridgehead atoms. The maximum atomic E-state index is 10.3. The minimum Gasteiger partial charge on any atom is -0.481 e. The summed E-state index contributed by atoms with van der Waals surface area (Å²) < 4.78 is 6.00. The average molecular weight is 335 g/mol. The van der Waals surface area contributed by atoms with Crippen LogP contribution in [0.25, 0.3) is 10.7 Å². The van der Waals surface area contributed by atoms with Gasteiger partial charge in [-0.05, 0) is 22.0 Å². The molecular weight excluding hydrogens is 328 g/mol. The monoisotopic (exact) mass is 334 g/mol. The number of carboxylic acid groups (broad SMARTS) is 1. The van der Waals surface area contributed by atoms with Gasteiger partial charge < -0.3 is 9.63 Å². The molecule has 0 spiro atoms. The van der Waals surface area contributed by atoms with Gasteiger partial charge in [-0.2, -0.15) is 4.98 Å². The van der Waals surface area contributed by atoms with Crippen LogP contribution in [-0.2, 0) is 10.5 Å². The van der Waals surface area contributed by atoms with Gasteiger partial charge in [-0.3, -0.25) is 4.79 Å². The lowest BCUT2D eigenvalue weighted by Gasteiger charge is -1.90. The van der Waals surface area contributed by atoms with Crippen LogP contribution < -0.4 is 0 Å². The second-order valence-corrected chi connectivity index (χ2v) is 5.84. The first kappa shape index (κ1) is 12.6. The third kappa shape index (κ3) is 3.55. The van der Waals surface area contributed by atoms with Gasteiger partial charge in [0.05, 0.1) is 16.4 Å². The molecule has 17 heavy (non-hydrogen) atoms. The molecule has 0 aliphatic rings. The zero-order chi connectivity index (χ0) is 12.3. The Bertz CT molecular complexity index is 526. The Kier molecular flexibility index (Phi) is 4.19. The molecule has 0 saturated carbocycles. The molecular formula is C9H7BrN2O3S2. The highest BCUT2D eigenvalue weighted by molar-refractivity contribution is 9.10.